The molecule has 0 aliphatic rings. The van der Waals surface area contributed by atoms with Crippen molar-refractivity contribution >= 4 is 25.5 Å². The molecule has 0 aromatic heterocycles. The molecule has 0 N–H and O–H groups in total. The van der Waals surface area contributed by atoms with Crippen LogP contribution in [-0.4, -0.2) is 6.30 Å². The Morgan fingerprint density at radius 1 is 2.00 bits per heavy atom. The van der Waals surface area contributed by atoms with E-state index in [9.17, 15) is 3.89 Å². The Hall–Kier alpha value is 0.450. The fraction of sp³-hybridized carbons (Fsp3) is 0. The molecular formula is CH2FPS. The van der Waals surface area contributed by atoms with Gasteiger partial charge in [0.15, 0.2) is 0 Å². The van der Waals surface area contributed by atoms with Crippen LogP contribution in [0.1, 0.15) is 0 Å². The summed E-state index contributed by atoms with van der Waals surface area (Å²) < 4.78 is 10.6. The summed E-state index contributed by atoms with van der Waals surface area (Å²) in [6.07, 6.45) is 3.16. The van der Waals surface area contributed by atoms with E-state index in [1.54, 1.807) is 0 Å². The molecule has 0 heterocycles. The Labute approximate surface area is 30.2 Å². The van der Waals surface area contributed by atoms with Gasteiger partial charge in [0, 0.05) is 0 Å². The zero-order valence-electron chi connectivity index (χ0n) is 1.94. The molecule has 0 aromatic rings. The third kappa shape index (κ3) is 2.45. The van der Waals surface area contributed by atoms with E-state index in [-0.39, 0.29) is 11.8 Å². The molecule has 0 aliphatic carbocycles. The predicted octanol–water partition coefficient (Wildman–Crippen LogP) is 1.90. The van der Waals surface area contributed by atoms with Crippen LogP contribution >= 0.6 is 19.2 Å². The third-order valence-electron chi connectivity index (χ3n) is 0.0488. The van der Waals surface area contributed by atoms with E-state index in [2.05, 4.69) is 6.30 Å². The summed E-state index contributed by atoms with van der Waals surface area (Å²) in [6.45, 7) is 0. The molecule has 0 amide bonds. The van der Waals surface area contributed by atoms with Crippen molar-refractivity contribution < 1.29 is 3.89 Å². The smallest absolute Gasteiger partial charge is 0.104 e. The maximum absolute atomic E-state index is 10.6. The molecule has 0 saturated heterocycles. The van der Waals surface area contributed by atoms with Crippen LogP contribution in [0.2, 0.25) is 0 Å². The summed E-state index contributed by atoms with van der Waals surface area (Å²) in [5.74, 6) is 0. The van der Waals surface area contributed by atoms with Crippen LogP contribution in [0.15, 0.2) is 0 Å². The van der Waals surface area contributed by atoms with Crippen molar-refractivity contribution in [2.75, 3.05) is 0 Å². The van der Waals surface area contributed by atoms with Gasteiger partial charge in [0.05, 0.1) is 0 Å². The van der Waals surface area contributed by atoms with Gasteiger partial charge in [-0.25, -0.2) is 0 Å². The Kier molecular flexibility index (Phi) is 3.84. The Morgan fingerprint density at radius 2 is 2.25 bits per heavy atom. The number of hydrogen-bond acceptors (Lipinski definition) is 1. The molecular weight excluding hydrogens is 94.0 g/mol. The molecule has 0 radical (unpaired) electrons. The van der Waals surface area contributed by atoms with E-state index in [1.165, 1.54) is 0 Å². The highest BCUT2D eigenvalue weighted by molar-refractivity contribution is 8.45. The molecule has 0 aromatic carbocycles. The van der Waals surface area contributed by atoms with Crippen molar-refractivity contribution in [2.24, 2.45) is 0 Å². The molecule has 0 bridgehead atoms. The maximum atomic E-state index is 10.6. The fourth-order valence-electron chi connectivity index (χ4n) is 0. The minimum absolute atomic E-state index is 0.218. The number of hydrogen-bond donors (Lipinski definition) is 0. The minimum atomic E-state index is 0.218. The molecule has 0 aliphatic heterocycles. The second-order valence-corrected chi connectivity index (χ2v) is 1.78. The van der Waals surface area contributed by atoms with Gasteiger partial charge in [-0.15, -0.1) is 0 Å². The minimum Gasteiger partial charge on any atom is -0.155 e. The molecule has 4 heavy (non-hydrogen) atoms. The Morgan fingerprint density at radius 3 is 2.25 bits per heavy atom. The van der Waals surface area contributed by atoms with E-state index in [1.807, 2.05) is 0 Å². The highest BCUT2D eigenvalue weighted by Gasteiger charge is 1.52. The largest absolute Gasteiger partial charge is 0.155 e. The Bertz CT molecular complexity index is 22.0. The molecule has 3 heteroatoms. The van der Waals surface area contributed by atoms with Gasteiger partial charge >= 0.3 is 0 Å². The van der Waals surface area contributed by atoms with Crippen molar-refractivity contribution in [3.05, 3.63) is 0 Å². The molecule has 0 spiro atoms. The van der Waals surface area contributed by atoms with E-state index in [0.29, 0.717) is 7.41 Å². The van der Waals surface area contributed by atoms with E-state index in [0.717, 1.165) is 0 Å². The van der Waals surface area contributed by atoms with Gasteiger partial charge in [-0.3, -0.25) is 0 Å². The average molecular weight is 96.1 g/mol. The van der Waals surface area contributed by atoms with Gasteiger partial charge in [0.1, 0.15) is 11.8 Å². The standard InChI is InChI=1S/CH2FPS/c1-3-4-2/h1H2. The molecule has 0 unspecified atom stereocenters. The quantitative estimate of drug-likeness (QED) is 0.449. The van der Waals surface area contributed by atoms with Crippen molar-refractivity contribution in [1.82, 2.24) is 0 Å². The van der Waals surface area contributed by atoms with Crippen LogP contribution < -0.4 is 0 Å². The fourth-order valence-corrected chi connectivity index (χ4v) is 0. The second kappa shape index (κ2) is 3.45. The van der Waals surface area contributed by atoms with Crippen LogP contribution in [0.4, 0.5) is 3.89 Å². The lowest BCUT2D eigenvalue weighted by Gasteiger charge is -1.50. The summed E-state index contributed by atoms with van der Waals surface area (Å²) in [5, 5.41) is 0. The monoisotopic (exact) mass is 96.0 g/mol. The van der Waals surface area contributed by atoms with Crippen molar-refractivity contribution in [2.45, 2.75) is 0 Å². The van der Waals surface area contributed by atoms with E-state index in [4.69, 9.17) is 0 Å². The molecule has 0 fully saturated rings. The summed E-state index contributed by atoms with van der Waals surface area (Å²) in [6, 6.07) is 0. The van der Waals surface area contributed by atoms with Crippen LogP contribution in [-0.2, 0) is 0 Å². The highest BCUT2D eigenvalue weighted by atomic mass is 32.7. The summed E-state index contributed by atoms with van der Waals surface area (Å²) in [5.41, 5.74) is 0. The zero-order valence-corrected chi connectivity index (χ0v) is 3.65. The normalized spacial score (nSPS) is 8.25. The number of rotatable bonds is 1. The van der Waals surface area contributed by atoms with Crippen LogP contribution in [0.5, 0.6) is 0 Å². The lowest BCUT2D eigenvalue weighted by Crippen LogP contribution is -0.970. The molecule has 0 nitrogen and oxygen atoms in total. The van der Waals surface area contributed by atoms with Crippen molar-refractivity contribution in [1.29, 1.82) is 0 Å². The summed E-state index contributed by atoms with van der Waals surface area (Å²) >= 11 is 0.218. The van der Waals surface area contributed by atoms with E-state index >= 15 is 0 Å². The predicted molar refractivity (Wildman–Crippen MR) is 22.7 cm³/mol. The SMILES string of the molecule is C=PSF. The zero-order chi connectivity index (χ0) is 3.41. The van der Waals surface area contributed by atoms with Gasteiger partial charge in [-0.2, -0.15) is 3.89 Å². The molecule has 0 atom stereocenters. The van der Waals surface area contributed by atoms with Crippen LogP contribution in [0.3, 0.4) is 0 Å². The topological polar surface area (TPSA) is 0 Å². The van der Waals surface area contributed by atoms with Gasteiger partial charge in [0.2, 0.25) is 0 Å². The molecule has 0 rings (SSSR count). The first kappa shape index (κ1) is 4.45. The summed E-state index contributed by atoms with van der Waals surface area (Å²) in [7, 11) is 0.498. The van der Waals surface area contributed by atoms with Gasteiger partial charge < -0.3 is 0 Å². The van der Waals surface area contributed by atoms with Gasteiger partial charge in [-0.05, 0) is 7.41 Å². The van der Waals surface area contributed by atoms with E-state index < -0.39 is 0 Å². The first-order valence-electron chi connectivity index (χ1n) is 0.653. The van der Waals surface area contributed by atoms with Crippen molar-refractivity contribution in [3.63, 3.8) is 0 Å². The first-order valence-corrected chi connectivity index (χ1v) is 3.05. The molecule has 24 valence electrons. The third-order valence-corrected chi connectivity index (χ3v) is 0.439. The summed E-state index contributed by atoms with van der Waals surface area (Å²) in [4.78, 5) is 0. The average Bonchev–Trinajstić information content (AvgIpc) is 1.37. The van der Waals surface area contributed by atoms with Crippen LogP contribution in [0, 0.1) is 0 Å². The van der Waals surface area contributed by atoms with Crippen LogP contribution in [0.25, 0.3) is 0 Å². The van der Waals surface area contributed by atoms with Crippen molar-refractivity contribution in [3.8, 4) is 0 Å². The number of halogens is 1. The highest BCUT2D eigenvalue weighted by Crippen LogP contribution is 2.15. The second-order valence-electron chi connectivity index (χ2n) is 0.198. The van der Waals surface area contributed by atoms with Gasteiger partial charge in [0.25, 0.3) is 0 Å². The Balaban J connectivity index is 2.30. The maximum Gasteiger partial charge on any atom is 0.104 e. The molecule has 0 saturated carbocycles. The lowest BCUT2D eigenvalue weighted by molar-refractivity contribution is 0.953. The lowest BCUT2D eigenvalue weighted by atomic mass is 12.0. The van der Waals surface area contributed by atoms with Gasteiger partial charge in [-0.1, -0.05) is 6.30 Å². The first-order chi connectivity index (χ1) is 1.91.